The topological polar surface area (TPSA) is 86.9 Å². The van der Waals surface area contributed by atoms with E-state index in [2.05, 4.69) is 20.6 Å². The molecule has 1 N–H and O–H groups in total. The van der Waals surface area contributed by atoms with Gasteiger partial charge in [-0.25, -0.2) is 4.68 Å². The summed E-state index contributed by atoms with van der Waals surface area (Å²) < 4.78 is 9.32. The van der Waals surface area contributed by atoms with Gasteiger partial charge >= 0.3 is 0 Å². The van der Waals surface area contributed by atoms with Gasteiger partial charge in [0.05, 0.1) is 41.2 Å². The number of aromatic nitrogens is 5. The summed E-state index contributed by atoms with van der Waals surface area (Å²) in [6.07, 6.45) is 0. The van der Waals surface area contributed by atoms with Crippen molar-refractivity contribution < 1.29 is 9.53 Å². The van der Waals surface area contributed by atoms with E-state index in [9.17, 15) is 4.79 Å². The van der Waals surface area contributed by atoms with Crippen LogP contribution in [0.5, 0.6) is 5.75 Å². The number of benzene rings is 2. The molecule has 0 unspecified atom stereocenters. The second-order valence-corrected chi connectivity index (χ2v) is 8.82. The number of methoxy groups -OCH3 is 1. The summed E-state index contributed by atoms with van der Waals surface area (Å²) in [4.78, 5) is 12.8. The van der Waals surface area contributed by atoms with Crippen molar-refractivity contribution in [1.29, 1.82) is 0 Å². The average molecular weight is 477 g/mol. The first-order valence-corrected chi connectivity index (χ1v) is 12.0. The van der Waals surface area contributed by atoms with Crippen LogP contribution in [0.1, 0.15) is 23.9 Å². The molecule has 0 aliphatic heterocycles. The number of nitrogens with zero attached hydrogens (tertiary/aromatic N) is 5. The summed E-state index contributed by atoms with van der Waals surface area (Å²) >= 11 is 1.35. The molecule has 0 spiro atoms. The number of ether oxygens (including phenoxy) is 1. The predicted octanol–water partition coefficient (Wildman–Crippen LogP) is 4.82. The van der Waals surface area contributed by atoms with E-state index < -0.39 is 0 Å². The first-order valence-electron chi connectivity index (χ1n) is 11.1. The first kappa shape index (κ1) is 23.6. The second-order valence-electron chi connectivity index (χ2n) is 7.88. The molecule has 0 aliphatic carbocycles. The van der Waals surface area contributed by atoms with E-state index in [0.717, 1.165) is 34.1 Å². The Hall–Kier alpha value is -3.59. The zero-order valence-electron chi connectivity index (χ0n) is 20.0. The minimum Gasteiger partial charge on any atom is -0.496 e. The average Bonchev–Trinajstić information content (AvgIpc) is 3.38. The number of carbonyl (C=O) groups excluding carboxylic acids is 1. The van der Waals surface area contributed by atoms with Gasteiger partial charge in [-0.2, -0.15) is 5.10 Å². The van der Waals surface area contributed by atoms with Crippen LogP contribution >= 0.6 is 11.8 Å². The van der Waals surface area contributed by atoms with Crippen molar-refractivity contribution in [2.24, 2.45) is 0 Å². The van der Waals surface area contributed by atoms with E-state index in [1.807, 2.05) is 85.5 Å². The Kier molecular flexibility index (Phi) is 7.02. The van der Waals surface area contributed by atoms with Crippen molar-refractivity contribution in [3.8, 4) is 22.8 Å². The maximum absolute atomic E-state index is 12.8. The van der Waals surface area contributed by atoms with Crippen LogP contribution in [0.3, 0.4) is 0 Å². The van der Waals surface area contributed by atoms with E-state index in [1.54, 1.807) is 7.11 Å². The molecular formula is C25H28N6O2S. The summed E-state index contributed by atoms with van der Waals surface area (Å²) in [6.45, 7) is 8.60. The Morgan fingerprint density at radius 1 is 1.06 bits per heavy atom. The van der Waals surface area contributed by atoms with E-state index in [1.165, 1.54) is 17.3 Å². The standard InChI is InChI=1S/C25H28N6O2S/c1-6-30-24(20-9-7-8-10-21(20)33-5)27-28-25(30)34-15-22(32)26-23-17(3)29-31(18(23)4)19-13-11-16(2)12-14-19/h7-14H,6,15H2,1-5H3,(H,26,32). The lowest BCUT2D eigenvalue weighted by molar-refractivity contribution is -0.113. The molecule has 0 bridgehead atoms. The number of aryl methyl sites for hydroxylation is 2. The molecule has 0 radical (unpaired) electrons. The van der Waals surface area contributed by atoms with Crippen LogP contribution in [-0.2, 0) is 11.3 Å². The summed E-state index contributed by atoms with van der Waals surface area (Å²) in [5.41, 5.74) is 5.40. The number of amides is 1. The van der Waals surface area contributed by atoms with Crippen molar-refractivity contribution in [3.63, 3.8) is 0 Å². The fraction of sp³-hybridized carbons (Fsp3) is 0.280. The van der Waals surface area contributed by atoms with Gasteiger partial charge in [-0.15, -0.1) is 10.2 Å². The number of hydrogen-bond acceptors (Lipinski definition) is 6. The highest BCUT2D eigenvalue weighted by molar-refractivity contribution is 7.99. The molecule has 2 heterocycles. The van der Waals surface area contributed by atoms with Crippen LogP contribution in [0.4, 0.5) is 5.69 Å². The molecular weight excluding hydrogens is 448 g/mol. The first-order chi connectivity index (χ1) is 16.4. The van der Waals surface area contributed by atoms with Crippen LogP contribution in [0.2, 0.25) is 0 Å². The molecule has 8 nitrogen and oxygen atoms in total. The fourth-order valence-corrected chi connectivity index (χ4v) is 4.58. The smallest absolute Gasteiger partial charge is 0.234 e. The molecule has 176 valence electrons. The highest BCUT2D eigenvalue weighted by Crippen LogP contribution is 2.31. The van der Waals surface area contributed by atoms with Gasteiger partial charge in [-0.1, -0.05) is 41.6 Å². The highest BCUT2D eigenvalue weighted by Gasteiger charge is 2.19. The molecule has 0 saturated heterocycles. The van der Waals surface area contributed by atoms with Gasteiger partial charge in [-0.05, 0) is 52.0 Å². The SMILES string of the molecule is CCn1c(SCC(=O)Nc2c(C)nn(-c3ccc(C)cc3)c2C)nnc1-c1ccccc1OC. The number of carbonyl (C=O) groups is 1. The fourth-order valence-electron chi connectivity index (χ4n) is 3.78. The van der Waals surface area contributed by atoms with Gasteiger partial charge in [0.25, 0.3) is 0 Å². The molecule has 0 aliphatic rings. The number of hydrogen-bond donors (Lipinski definition) is 1. The molecule has 0 fully saturated rings. The second kappa shape index (κ2) is 10.1. The van der Waals surface area contributed by atoms with Gasteiger partial charge in [-0.3, -0.25) is 4.79 Å². The third kappa shape index (κ3) is 4.70. The van der Waals surface area contributed by atoms with Crippen LogP contribution in [-0.4, -0.2) is 43.3 Å². The van der Waals surface area contributed by atoms with Crippen molar-refractivity contribution in [2.75, 3.05) is 18.2 Å². The minimum absolute atomic E-state index is 0.121. The van der Waals surface area contributed by atoms with Crippen molar-refractivity contribution in [2.45, 2.75) is 39.4 Å². The number of anilines is 1. The molecule has 0 atom stereocenters. The third-order valence-electron chi connectivity index (χ3n) is 5.55. The molecule has 1 amide bonds. The zero-order chi connectivity index (χ0) is 24.2. The van der Waals surface area contributed by atoms with E-state index in [0.29, 0.717) is 17.5 Å². The van der Waals surface area contributed by atoms with Crippen LogP contribution in [0.25, 0.3) is 17.1 Å². The maximum Gasteiger partial charge on any atom is 0.234 e. The van der Waals surface area contributed by atoms with Crippen LogP contribution in [0.15, 0.2) is 53.7 Å². The normalized spacial score (nSPS) is 11.0. The lowest BCUT2D eigenvalue weighted by Gasteiger charge is -2.10. The Morgan fingerprint density at radius 3 is 2.50 bits per heavy atom. The monoisotopic (exact) mass is 476 g/mol. The molecule has 0 saturated carbocycles. The van der Waals surface area contributed by atoms with Crippen LogP contribution in [0, 0.1) is 20.8 Å². The lowest BCUT2D eigenvalue weighted by Crippen LogP contribution is -2.16. The van der Waals surface area contributed by atoms with Crippen LogP contribution < -0.4 is 10.1 Å². The predicted molar refractivity (Wildman–Crippen MR) is 135 cm³/mol. The number of rotatable bonds is 8. The number of para-hydroxylation sites is 1. The Bertz CT molecular complexity index is 1310. The summed E-state index contributed by atoms with van der Waals surface area (Å²) in [6, 6.07) is 15.8. The minimum atomic E-state index is -0.121. The van der Waals surface area contributed by atoms with Crippen molar-refractivity contribution in [1.82, 2.24) is 24.5 Å². The van der Waals surface area contributed by atoms with Gasteiger partial charge in [0, 0.05) is 6.54 Å². The number of thioether (sulfide) groups is 1. The maximum atomic E-state index is 12.8. The summed E-state index contributed by atoms with van der Waals surface area (Å²) in [7, 11) is 1.64. The van der Waals surface area contributed by atoms with Gasteiger partial charge in [0.1, 0.15) is 5.75 Å². The third-order valence-corrected chi connectivity index (χ3v) is 6.51. The Morgan fingerprint density at radius 2 is 1.79 bits per heavy atom. The molecule has 2 aromatic carbocycles. The number of nitrogens with one attached hydrogen (secondary N) is 1. The lowest BCUT2D eigenvalue weighted by atomic mass is 10.2. The zero-order valence-corrected chi connectivity index (χ0v) is 20.8. The largest absolute Gasteiger partial charge is 0.496 e. The molecule has 34 heavy (non-hydrogen) atoms. The van der Waals surface area contributed by atoms with Gasteiger partial charge in [0.15, 0.2) is 11.0 Å². The molecule has 9 heteroatoms. The van der Waals surface area contributed by atoms with E-state index >= 15 is 0 Å². The Balaban J connectivity index is 1.48. The van der Waals surface area contributed by atoms with Crippen molar-refractivity contribution >= 4 is 23.4 Å². The molecule has 4 aromatic rings. The molecule has 2 aromatic heterocycles. The van der Waals surface area contributed by atoms with Gasteiger partial charge < -0.3 is 14.6 Å². The van der Waals surface area contributed by atoms with E-state index in [-0.39, 0.29) is 11.7 Å². The highest BCUT2D eigenvalue weighted by atomic mass is 32.2. The van der Waals surface area contributed by atoms with Crippen molar-refractivity contribution in [3.05, 3.63) is 65.5 Å². The molecule has 4 rings (SSSR count). The van der Waals surface area contributed by atoms with Gasteiger partial charge in [0.2, 0.25) is 5.91 Å². The van der Waals surface area contributed by atoms with E-state index in [4.69, 9.17) is 4.74 Å². The quantitative estimate of drug-likeness (QED) is 0.367. The summed E-state index contributed by atoms with van der Waals surface area (Å²) in [5, 5.41) is 17.0. The Labute approximate surface area is 203 Å². The summed E-state index contributed by atoms with van der Waals surface area (Å²) in [5.74, 6) is 1.53.